The van der Waals surface area contributed by atoms with Crippen molar-refractivity contribution >= 4 is 22.5 Å². The summed E-state index contributed by atoms with van der Waals surface area (Å²) in [5, 5.41) is 1.14. The number of hydrogen-bond donors (Lipinski definition) is 1. The van der Waals surface area contributed by atoms with Crippen LogP contribution in [0.25, 0.3) is 10.9 Å². The van der Waals surface area contributed by atoms with Crippen molar-refractivity contribution in [3.8, 4) is 0 Å². The molecule has 2 aliphatic rings. The Labute approximate surface area is 164 Å². The first-order valence-corrected chi connectivity index (χ1v) is 9.95. The molecule has 0 bridgehead atoms. The van der Waals surface area contributed by atoms with Crippen molar-refractivity contribution < 1.29 is 4.79 Å². The van der Waals surface area contributed by atoms with Gasteiger partial charge in [0, 0.05) is 55.4 Å². The molecule has 1 fully saturated rings. The van der Waals surface area contributed by atoms with Crippen LogP contribution in [0.2, 0.25) is 0 Å². The summed E-state index contributed by atoms with van der Waals surface area (Å²) in [7, 11) is 0. The molecule has 3 aromatic rings. The maximum Gasteiger partial charge on any atom is 0.256 e. The Morgan fingerprint density at radius 1 is 1.07 bits per heavy atom. The molecule has 28 heavy (non-hydrogen) atoms. The van der Waals surface area contributed by atoms with E-state index >= 15 is 0 Å². The number of anilines is 1. The minimum atomic E-state index is 0.131. The molecule has 142 valence electrons. The number of pyridine rings is 1. The summed E-state index contributed by atoms with van der Waals surface area (Å²) in [4.78, 5) is 22.1. The lowest BCUT2D eigenvalue weighted by molar-refractivity contribution is 0.0780. The van der Waals surface area contributed by atoms with E-state index in [1.807, 2.05) is 23.1 Å². The van der Waals surface area contributed by atoms with Gasteiger partial charge in [0.15, 0.2) is 0 Å². The highest BCUT2D eigenvalue weighted by Gasteiger charge is 2.32. The fraction of sp³-hybridized carbons (Fsp3) is 0.304. The predicted molar refractivity (Wildman–Crippen MR) is 111 cm³/mol. The van der Waals surface area contributed by atoms with Crippen LogP contribution in [0.5, 0.6) is 0 Å². The van der Waals surface area contributed by atoms with Crippen molar-refractivity contribution in [1.29, 1.82) is 0 Å². The average molecular weight is 372 g/mol. The summed E-state index contributed by atoms with van der Waals surface area (Å²) >= 11 is 0. The van der Waals surface area contributed by atoms with Crippen molar-refractivity contribution in [3.63, 3.8) is 0 Å². The number of rotatable bonds is 4. The molecule has 5 rings (SSSR count). The molecule has 1 atom stereocenters. The largest absolute Gasteiger partial charge is 0.369 e. The van der Waals surface area contributed by atoms with Crippen LogP contribution in [0, 0.1) is 0 Å². The summed E-state index contributed by atoms with van der Waals surface area (Å²) in [5.74, 6) is 0.131. The number of amides is 1. The number of para-hydroxylation sites is 1. The second kappa shape index (κ2) is 6.91. The smallest absolute Gasteiger partial charge is 0.256 e. The molecule has 0 saturated carbocycles. The van der Waals surface area contributed by atoms with Crippen LogP contribution in [-0.4, -0.2) is 41.5 Å². The van der Waals surface area contributed by atoms with Crippen molar-refractivity contribution in [2.24, 2.45) is 5.73 Å². The molecule has 5 nitrogen and oxygen atoms in total. The van der Waals surface area contributed by atoms with E-state index in [0.29, 0.717) is 13.1 Å². The lowest BCUT2D eigenvalue weighted by Gasteiger charge is -2.21. The summed E-state index contributed by atoms with van der Waals surface area (Å²) in [6.07, 6.45) is 1.74. The van der Waals surface area contributed by atoms with Gasteiger partial charge in [-0.1, -0.05) is 36.4 Å². The highest BCUT2D eigenvalue weighted by Crippen LogP contribution is 2.33. The molecule has 0 spiro atoms. The third-order valence-corrected chi connectivity index (χ3v) is 5.85. The quantitative estimate of drug-likeness (QED) is 0.765. The maximum absolute atomic E-state index is 13.1. The van der Waals surface area contributed by atoms with E-state index in [0.717, 1.165) is 59.3 Å². The Bertz CT molecular complexity index is 1050. The molecule has 0 aliphatic carbocycles. The SMILES string of the molecule is N[C@@H]1CCN(c2cccc3c2C(=O)N(CCc2ccc4ccccc4n2)C3)C1. The molecule has 0 unspecified atom stereocenters. The summed E-state index contributed by atoms with van der Waals surface area (Å²) in [5.41, 5.74) is 11.1. The van der Waals surface area contributed by atoms with Crippen molar-refractivity contribution in [1.82, 2.24) is 9.88 Å². The fourth-order valence-electron chi connectivity index (χ4n) is 4.35. The summed E-state index contributed by atoms with van der Waals surface area (Å²) in [6, 6.07) is 18.7. The molecule has 1 amide bonds. The van der Waals surface area contributed by atoms with E-state index in [2.05, 4.69) is 41.3 Å². The molecule has 1 aromatic heterocycles. The first-order valence-electron chi connectivity index (χ1n) is 9.95. The van der Waals surface area contributed by atoms with Gasteiger partial charge in [-0.05, 0) is 30.2 Å². The molecule has 3 heterocycles. The van der Waals surface area contributed by atoms with Crippen LogP contribution in [0.3, 0.4) is 0 Å². The molecular formula is C23H24N4O. The van der Waals surface area contributed by atoms with Crippen LogP contribution in [0.4, 0.5) is 5.69 Å². The maximum atomic E-state index is 13.1. The Morgan fingerprint density at radius 3 is 2.82 bits per heavy atom. The van der Waals surface area contributed by atoms with Gasteiger partial charge < -0.3 is 15.5 Å². The highest BCUT2D eigenvalue weighted by molar-refractivity contribution is 6.03. The topological polar surface area (TPSA) is 62.5 Å². The van der Waals surface area contributed by atoms with Crippen LogP contribution in [0.15, 0.2) is 54.6 Å². The molecule has 2 aliphatic heterocycles. The minimum absolute atomic E-state index is 0.131. The standard InChI is InChI=1S/C23H24N4O/c24-18-10-12-26(15-18)21-7-3-5-17-14-27(23(28)22(17)21)13-11-19-9-8-16-4-1-2-6-20(16)25-19/h1-9,18H,10-15,24H2/t18-/m1/s1. The number of fused-ring (bicyclic) bond motifs is 2. The van der Waals surface area contributed by atoms with Crippen molar-refractivity contribution in [3.05, 3.63) is 71.4 Å². The first-order chi connectivity index (χ1) is 13.7. The van der Waals surface area contributed by atoms with E-state index in [4.69, 9.17) is 10.7 Å². The van der Waals surface area contributed by atoms with Gasteiger partial charge in [-0.15, -0.1) is 0 Å². The van der Waals surface area contributed by atoms with Crippen molar-refractivity contribution in [2.45, 2.75) is 25.4 Å². The Balaban J connectivity index is 1.33. The highest BCUT2D eigenvalue weighted by atomic mass is 16.2. The van der Waals surface area contributed by atoms with Gasteiger partial charge in [0.25, 0.3) is 5.91 Å². The molecular weight excluding hydrogens is 348 g/mol. The summed E-state index contributed by atoms with van der Waals surface area (Å²) in [6.45, 7) is 3.10. The molecule has 2 aromatic carbocycles. The van der Waals surface area contributed by atoms with Gasteiger partial charge >= 0.3 is 0 Å². The third-order valence-electron chi connectivity index (χ3n) is 5.85. The van der Waals surface area contributed by atoms with Crippen LogP contribution in [0.1, 0.15) is 28.0 Å². The number of hydrogen-bond acceptors (Lipinski definition) is 4. The van der Waals surface area contributed by atoms with Crippen LogP contribution in [-0.2, 0) is 13.0 Å². The molecule has 5 heteroatoms. The normalized spacial score (nSPS) is 18.9. The van der Waals surface area contributed by atoms with Gasteiger partial charge in [-0.2, -0.15) is 0 Å². The second-order valence-electron chi connectivity index (χ2n) is 7.78. The zero-order valence-corrected chi connectivity index (χ0v) is 15.8. The Morgan fingerprint density at radius 2 is 1.96 bits per heavy atom. The Hall–Kier alpha value is -2.92. The zero-order chi connectivity index (χ0) is 19.1. The molecule has 1 saturated heterocycles. The van der Waals surface area contributed by atoms with Gasteiger partial charge in [-0.3, -0.25) is 9.78 Å². The van der Waals surface area contributed by atoms with Gasteiger partial charge in [0.05, 0.1) is 11.1 Å². The lowest BCUT2D eigenvalue weighted by Crippen LogP contribution is -2.29. The number of carbonyl (C=O) groups is 1. The van der Waals surface area contributed by atoms with E-state index < -0.39 is 0 Å². The van der Waals surface area contributed by atoms with Gasteiger partial charge in [-0.25, -0.2) is 0 Å². The predicted octanol–water partition coefficient (Wildman–Crippen LogP) is 2.97. The van der Waals surface area contributed by atoms with E-state index in [-0.39, 0.29) is 11.9 Å². The second-order valence-corrected chi connectivity index (χ2v) is 7.78. The van der Waals surface area contributed by atoms with E-state index in [9.17, 15) is 4.79 Å². The number of benzene rings is 2. The molecule has 2 N–H and O–H groups in total. The monoisotopic (exact) mass is 372 g/mol. The molecule has 0 radical (unpaired) electrons. The number of carbonyl (C=O) groups excluding carboxylic acids is 1. The van der Waals surface area contributed by atoms with Crippen LogP contribution >= 0.6 is 0 Å². The average Bonchev–Trinajstić information content (AvgIpc) is 3.29. The zero-order valence-electron chi connectivity index (χ0n) is 15.8. The fourth-order valence-corrected chi connectivity index (χ4v) is 4.35. The third kappa shape index (κ3) is 3.02. The number of aromatic nitrogens is 1. The first kappa shape index (κ1) is 17.2. The number of nitrogens with zero attached hydrogens (tertiary/aromatic N) is 3. The van der Waals surface area contributed by atoms with Crippen LogP contribution < -0.4 is 10.6 Å². The Kier molecular flexibility index (Phi) is 4.24. The lowest BCUT2D eigenvalue weighted by atomic mass is 10.1. The number of nitrogens with two attached hydrogens (primary N) is 1. The van der Waals surface area contributed by atoms with Gasteiger partial charge in [0.2, 0.25) is 0 Å². The van der Waals surface area contributed by atoms with Crippen molar-refractivity contribution in [2.75, 3.05) is 24.5 Å². The summed E-state index contributed by atoms with van der Waals surface area (Å²) < 4.78 is 0. The van der Waals surface area contributed by atoms with Gasteiger partial charge in [0.1, 0.15) is 0 Å². The van der Waals surface area contributed by atoms with E-state index in [1.165, 1.54) is 0 Å². The van der Waals surface area contributed by atoms with E-state index in [1.54, 1.807) is 0 Å². The minimum Gasteiger partial charge on any atom is -0.369 e.